The van der Waals surface area contributed by atoms with Gasteiger partial charge < -0.3 is 4.74 Å². The van der Waals surface area contributed by atoms with Gasteiger partial charge in [-0.15, -0.1) is 11.6 Å². The average molecular weight is 192 g/mol. The predicted octanol–water partition coefficient (Wildman–Crippen LogP) is 1.73. The first-order valence-corrected chi connectivity index (χ1v) is 5.10. The first-order valence-electron chi connectivity index (χ1n) is 4.56. The maximum absolute atomic E-state index is 5.63. The summed E-state index contributed by atoms with van der Waals surface area (Å²) in [5.74, 6) is 0.762. The standard InChI is InChI=1S/C9H18ClNO/c1-9(2)8-11(5-3-4-10)6-7-12-9/h3-8H2,1-2H3. The van der Waals surface area contributed by atoms with E-state index in [1.807, 2.05) is 0 Å². The highest BCUT2D eigenvalue weighted by Gasteiger charge is 2.26. The third-order valence-corrected chi connectivity index (χ3v) is 2.38. The van der Waals surface area contributed by atoms with Crippen LogP contribution in [0.25, 0.3) is 0 Å². The SMILES string of the molecule is CC1(C)CN(CCCCl)CCO1. The lowest BCUT2D eigenvalue weighted by Crippen LogP contribution is -2.48. The van der Waals surface area contributed by atoms with E-state index >= 15 is 0 Å². The van der Waals surface area contributed by atoms with Gasteiger partial charge in [-0.2, -0.15) is 0 Å². The van der Waals surface area contributed by atoms with Gasteiger partial charge in [-0.05, 0) is 26.8 Å². The van der Waals surface area contributed by atoms with Crippen molar-refractivity contribution in [2.24, 2.45) is 0 Å². The highest BCUT2D eigenvalue weighted by atomic mass is 35.5. The fourth-order valence-corrected chi connectivity index (χ4v) is 1.71. The Morgan fingerprint density at radius 2 is 2.25 bits per heavy atom. The summed E-state index contributed by atoms with van der Waals surface area (Å²) in [6.07, 6.45) is 1.08. The van der Waals surface area contributed by atoms with E-state index in [1.165, 1.54) is 0 Å². The van der Waals surface area contributed by atoms with Crippen LogP contribution in [0.4, 0.5) is 0 Å². The van der Waals surface area contributed by atoms with Crippen molar-refractivity contribution >= 4 is 11.6 Å². The van der Waals surface area contributed by atoms with Crippen molar-refractivity contribution in [3.63, 3.8) is 0 Å². The van der Waals surface area contributed by atoms with Gasteiger partial charge in [-0.1, -0.05) is 0 Å². The molecule has 0 saturated carbocycles. The van der Waals surface area contributed by atoms with Crippen molar-refractivity contribution < 1.29 is 4.74 Å². The van der Waals surface area contributed by atoms with Crippen molar-refractivity contribution in [3.8, 4) is 0 Å². The van der Waals surface area contributed by atoms with Gasteiger partial charge in [-0.3, -0.25) is 4.90 Å². The van der Waals surface area contributed by atoms with E-state index in [4.69, 9.17) is 16.3 Å². The molecule has 0 unspecified atom stereocenters. The summed E-state index contributed by atoms with van der Waals surface area (Å²) >= 11 is 5.63. The van der Waals surface area contributed by atoms with Crippen LogP contribution in [-0.4, -0.2) is 42.6 Å². The molecule has 12 heavy (non-hydrogen) atoms. The molecule has 0 N–H and O–H groups in total. The van der Waals surface area contributed by atoms with Crippen LogP contribution in [0.5, 0.6) is 0 Å². The van der Waals surface area contributed by atoms with Crippen molar-refractivity contribution in [3.05, 3.63) is 0 Å². The lowest BCUT2D eigenvalue weighted by Gasteiger charge is -2.38. The molecule has 0 bridgehead atoms. The number of halogens is 1. The van der Waals surface area contributed by atoms with Crippen LogP contribution in [0.2, 0.25) is 0 Å². The predicted molar refractivity (Wildman–Crippen MR) is 51.8 cm³/mol. The first kappa shape index (κ1) is 10.3. The Morgan fingerprint density at radius 1 is 1.50 bits per heavy atom. The van der Waals surface area contributed by atoms with Gasteiger partial charge in [0.05, 0.1) is 12.2 Å². The molecule has 0 aromatic rings. The van der Waals surface area contributed by atoms with Crippen LogP contribution in [0.1, 0.15) is 20.3 Å². The van der Waals surface area contributed by atoms with Gasteiger partial charge in [0.15, 0.2) is 0 Å². The van der Waals surface area contributed by atoms with Gasteiger partial charge >= 0.3 is 0 Å². The summed E-state index contributed by atoms with van der Waals surface area (Å²) in [7, 11) is 0. The quantitative estimate of drug-likeness (QED) is 0.630. The molecule has 0 spiro atoms. The molecule has 1 rings (SSSR count). The summed E-state index contributed by atoms with van der Waals surface area (Å²) in [6, 6.07) is 0. The number of morpholine rings is 1. The van der Waals surface area contributed by atoms with Gasteiger partial charge in [0.2, 0.25) is 0 Å². The van der Waals surface area contributed by atoms with Gasteiger partial charge in [0.1, 0.15) is 0 Å². The molecule has 0 amide bonds. The molecule has 3 heteroatoms. The molecule has 1 aliphatic rings. The molecule has 0 aromatic heterocycles. The Hall–Kier alpha value is 0.210. The molecular weight excluding hydrogens is 174 g/mol. The van der Waals surface area contributed by atoms with Crippen LogP contribution in [-0.2, 0) is 4.74 Å². The normalized spacial score (nSPS) is 24.2. The van der Waals surface area contributed by atoms with E-state index in [0.29, 0.717) is 0 Å². The molecule has 0 atom stereocenters. The smallest absolute Gasteiger partial charge is 0.0753 e. The fourth-order valence-electron chi connectivity index (χ4n) is 1.59. The highest BCUT2D eigenvalue weighted by molar-refractivity contribution is 6.17. The molecule has 0 radical (unpaired) electrons. The van der Waals surface area contributed by atoms with Crippen LogP contribution < -0.4 is 0 Å². The molecule has 1 aliphatic heterocycles. The fraction of sp³-hybridized carbons (Fsp3) is 1.00. The highest BCUT2D eigenvalue weighted by Crippen LogP contribution is 2.16. The van der Waals surface area contributed by atoms with Gasteiger partial charge in [0.25, 0.3) is 0 Å². The zero-order valence-corrected chi connectivity index (χ0v) is 8.73. The Bertz CT molecular complexity index is 138. The Balaban J connectivity index is 2.26. The molecule has 0 aliphatic carbocycles. The van der Waals surface area contributed by atoms with E-state index in [-0.39, 0.29) is 5.60 Å². The number of alkyl halides is 1. The number of hydrogen-bond acceptors (Lipinski definition) is 2. The van der Waals surface area contributed by atoms with E-state index in [1.54, 1.807) is 0 Å². The number of nitrogens with zero attached hydrogens (tertiary/aromatic N) is 1. The maximum atomic E-state index is 5.63. The third kappa shape index (κ3) is 3.30. The average Bonchev–Trinajstić information content (AvgIpc) is 1.99. The van der Waals surface area contributed by atoms with Crippen LogP contribution in [0, 0.1) is 0 Å². The summed E-state index contributed by atoms with van der Waals surface area (Å²) in [5, 5.41) is 0. The van der Waals surface area contributed by atoms with Gasteiger partial charge in [0, 0.05) is 19.0 Å². The topological polar surface area (TPSA) is 12.5 Å². The molecule has 0 aromatic carbocycles. The molecule has 2 nitrogen and oxygen atoms in total. The minimum absolute atomic E-state index is 0.0323. The summed E-state index contributed by atoms with van der Waals surface area (Å²) in [4.78, 5) is 2.42. The van der Waals surface area contributed by atoms with E-state index in [0.717, 1.165) is 38.5 Å². The van der Waals surface area contributed by atoms with Crippen molar-refractivity contribution in [1.29, 1.82) is 0 Å². The lowest BCUT2D eigenvalue weighted by molar-refractivity contribution is -0.0857. The van der Waals surface area contributed by atoms with Crippen LogP contribution in [0.3, 0.4) is 0 Å². The Kier molecular flexibility index (Phi) is 3.81. The number of ether oxygens (including phenoxy) is 1. The maximum Gasteiger partial charge on any atom is 0.0753 e. The summed E-state index contributed by atoms with van der Waals surface area (Å²) in [6.45, 7) is 8.33. The minimum Gasteiger partial charge on any atom is -0.373 e. The molecule has 1 saturated heterocycles. The zero-order valence-electron chi connectivity index (χ0n) is 7.98. The molecule has 1 fully saturated rings. The monoisotopic (exact) mass is 191 g/mol. The van der Waals surface area contributed by atoms with Crippen molar-refractivity contribution in [2.75, 3.05) is 32.1 Å². The van der Waals surface area contributed by atoms with Crippen molar-refractivity contribution in [2.45, 2.75) is 25.9 Å². The second-order valence-electron chi connectivity index (χ2n) is 3.93. The lowest BCUT2D eigenvalue weighted by atomic mass is 10.1. The number of rotatable bonds is 3. The van der Waals surface area contributed by atoms with Gasteiger partial charge in [-0.25, -0.2) is 0 Å². The zero-order chi connectivity index (χ0) is 9.03. The van der Waals surface area contributed by atoms with E-state index in [2.05, 4.69) is 18.7 Å². The molecule has 72 valence electrons. The second-order valence-corrected chi connectivity index (χ2v) is 4.30. The third-order valence-electron chi connectivity index (χ3n) is 2.11. The van der Waals surface area contributed by atoms with E-state index < -0.39 is 0 Å². The Labute approximate surface area is 79.8 Å². The first-order chi connectivity index (χ1) is 5.64. The van der Waals surface area contributed by atoms with Crippen LogP contribution >= 0.6 is 11.6 Å². The Morgan fingerprint density at radius 3 is 2.83 bits per heavy atom. The van der Waals surface area contributed by atoms with Crippen LogP contribution in [0.15, 0.2) is 0 Å². The minimum atomic E-state index is 0.0323. The summed E-state index contributed by atoms with van der Waals surface area (Å²) in [5.41, 5.74) is 0.0323. The molecule has 1 heterocycles. The number of hydrogen-bond donors (Lipinski definition) is 0. The van der Waals surface area contributed by atoms with Crippen molar-refractivity contribution in [1.82, 2.24) is 4.90 Å². The van der Waals surface area contributed by atoms with E-state index in [9.17, 15) is 0 Å². The summed E-state index contributed by atoms with van der Waals surface area (Å²) < 4.78 is 5.60. The largest absolute Gasteiger partial charge is 0.373 e. The molecular formula is C9H18ClNO. The second kappa shape index (κ2) is 4.45.